The van der Waals surface area contributed by atoms with Gasteiger partial charge in [0.2, 0.25) is 0 Å². The molecular weight excluding hydrogens is 423 g/mol. The monoisotopic (exact) mass is 440 g/mol. The molecule has 0 N–H and O–H groups in total. The van der Waals surface area contributed by atoms with Gasteiger partial charge in [-0.2, -0.15) is 5.26 Å². The molecule has 152 valence electrons. The minimum absolute atomic E-state index is 0.00773. The van der Waals surface area contributed by atoms with Crippen molar-refractivity contribution in [3.63, 3.8) is 0 Å². The maximum absolute atomic E-state index is 14.2. The van der Waals surface area contributed by atoms with E-state index in [0.29, 0.717) is 17.0 Å². The summed E-state index contributed by atoms with van der Waals surface area (Å²) in [4.78, 5) is 0.721. The number of fused-ring (bicyclic) bond motifs is 1. The van der Waals surface area contributed by atoms with Crippen LogP contribution in [0.3, 0.4) is 0 Å². The van der Waals surface area contributed by atoms with E-state index in [1.807, 2.05) is 30.3 Å². The number of hydrogen-bond donors (Lipinski definition) is 0. The predicted octanol–water partition coefficient (Wildman–Crippen LogP) is 4.67. The van der Waals surface area contributed by atoms with E-state index in [-0.39, 0.29) is 17.2 Å². The van der Waals surface area contributed by atoms with Crippen LogP contribution in [0.15, 0.2) is 70.5 Å². The van der Waals surface area contributed by atoms with Crippen molar-refractivity contribution in [3.8, 4) is 22.9 Å². The van der Waals surface area contributed by atoms with E-state index in [9.17, 15) is 12.8 Å². The summed E-state index contributed by atoms with van der Waals surface area (Å²) in [6.45, 7) is 0.282. The zero-order chi connectivity index (χ0) is 21.3. The molecule has 30 heavy (non-hydrogen) atoms. The Balaban J connectivity index is 1.77. The van der Waals surface area contributed by atoms with Crippen molar-refractivity contribution < 1.29 is 17.5 Å². The van der Waals surface area contributed by atoms with Gasteiger partial charge in [-0.05, 0) is 53.6 Å². The SMILES string of the molecule is COc1ccc(S(=O)(=O)N2CCSc3ccc(-c4ccc(C#N)cc4)cc32)cc1F. The zero-order valence-electron chi connectivity index (χ0n) is 16.0. The third-order valence-electron chi connectivity index (χ3n) is 4.84. The lowest BCUT2D eigenvalue weighted by molar-refractivity contribution is 0.385. The highest BCUT2D eigenvalue weighted by molar-refractivity contribution is 8.00. The molecule has 0 amide bonds. The minimum atomic E-state index is -3.95. The third kappa shape index (κ3) is 3.62. The molecule has 0 aromatic heterocycles. The fourth-order valence-corrected chi connectivity index (χ4v) is 5.93. The summed E-state index contributed by atoms with van der Waals surface area (Å²) in [6, 6.07) is 18.5. The molecule has 8 heteroatoms. The van der Waals surface area contributed by atoms with E-state index in [1.54, 1.807) is 23.9 Å². The molecule has 1 heterocycles. The lowest BCUT2D eigenvalue weighted by Crippen LogP contribution is -2.35. The third-order valence-corrected chi connectivity index (χ3v) is 7.69. The van der Waals surface area contributed by atoms with E-state index in [2.05, 4.69) is 6.07 Å². The van der Waals surface area contributed by atoms with Crippen LogP contribution in [0.2, 0.25) is 0 Å². The Morgan fingerprint density at radius 2 is 1.80 bits per heavy atom. The fourth-order valence-electron chi connectivity index (χ4n) is 3.29. The molecule has 0 saturated heterocycles. The second-order valence-corrected chi connectivity index (χ2v) is 9.59. The number of nitrogens with zero attached hydrogens (tertiary/aromatic N) is 2. The quantitative estimate of drug-likeness (QED) is 0.589. The number of nitriles is 1. The van der Waals surface area contributed by atoms with Gasteiger partial charge in [0.25, 0.3) is 10.0 Å². The Labute approximate surface area is 178 Å². The van der Waals surface area contributed by atoms with Crippen LogP contribution in [0, 0.1) is 17.1 Å². The lowest BCUT2D eigenvalue weighted by Gasteiger charge is -2.30. The Morgan fingerprint density at radius 3 is 2.47 bits per heavy atom. The van der Waals surface area contributed by atoms with Crippen molar-refractivity contribution in [2.24, 2.45) is 0 Å². The molecule has 0 aliphatic carbocycles. The molecule has 3 aromatic rings. The standard InChI is InChI=1S/C22H17FN2O3S2/c1-28-21-8-7-18(13-19(21)23)30(26,27)25-10-11-29-22-9-6-17(12-20(22)25)16-4-2-15(14-24)3-5-16/h2-9,12-13H,10-11H2,1H3. The normalized spacial score (nSPS) is 13.4. The highest BCUT2D eigenvalue weighted by Crippen LogP contribution is 2.40. The Morgan fingerprint density at radius 1 is 1.07 bits per heavy atom. The molecule has 5 nitrogen and oxygen atoms in total. The number of rotatable bonds is 4. The summed E-state index contributed by atoms with van der Waals surface area (Å²) in [6.07, 6.45) is 0. The molecule has 0 radical (unpaired) electrons. The molecule has 0 fully saturated rings. The van der Waals surface area contributed by atoms with Crippen molar-refractivity contribution in [3.05, 3.63) is 72.0 Å². The maximum atomic E-state index is 14.2. The number of ether oxygens (including phenoxy) is 1. The first-order chi connectivity index (χ1) is 14.4. The van der Waals surface area contributed by atoms with E-state index in [4.69, 9.17) is 10.00 Å². The molecule has 0 bridgehead atoms. The second-order valence-electron chi connectivity index (χ2n) is 6.59. The van der Waals surface area contributed by atoms with Gasteiger partial charge >= 0.3 is 0 Å². The van der Waals surface area contributed by atoms with Gasteiger partial charge in [-0.25, -0.2) is 12.8 Å². The molecule has 0 unspecified atom stereocenters. The summed E-state index contributed by atoms with van der Waals surface area (Å²) in [5.74, 6) is -0.135. The summed E-state index contributed by atoms with van der Waals surface area (Å²) < 4.78 is 47.0. The summed E-state index contributed by atoms with van der Waals surface area (Å²) in [5, 5.41) is 8.98. The molecule has 0 saturated carbocycles. The summed E-state index contributed by atoms with van der Waals surface area (Å²) in [5.41, 5.74) is 2.82. The average Bonchev–Trinajstić information content (AvgIpc) is 2.78. The zero-order valence-corrected chi connectivity index (χ0v) is 17.6. The largest absolute Gasteiger partial charge is 0.494 e. The van der Waals surface area contributed by atoms with E-state index >= 15 is 0 Å². The highest BCUT2D eigenvalue weighted by atomic mass is 32.2. The van der Waals surface area contributed by atoms with Crippen LogP contribution in [0.25, 0.3) is 11.1 Å². The lowest BCUT2D eigenvalue weighted by atomic mass is 10.0. The van der Waals surface area contributed by atoms with Crippen molar-refractivity contribution in [2.75, 3.05) is 23.7 Å². The molecule has 0 spiro atoms. The first kappa shape index (κ1) is 20.3. The van der Waals surface area contributed by atoms with Gasteiger partial charge < -0.3 is 4.74 Å². The van der Waals surface area contributed by atoms with Crippen molar-refractivity contribution in [1.29, 1.82) is 5.26 Å². The maximum Gasteiger partial charge on any atom is 0.264 e. The first-order valence-electron chi connectivity index (χ1n) is 9.08. The summed E-state index contributed by atoms with van der Waals surface area (Å²) >= 11 is 1.58. The van der Waals surface area contributed by atoms with Gasteiger partial charge in [0.05, 0.1) is 29.3 Å². The number of thioether (sulfide) groups is 1. The topological polar surface area (TPSA) is 70.4 Å². The van der Waals surface area contributed by atoms with E-state index < -0.39 is 15.8 Å². The van der Waals surface area contributed by atoms with Crippen LogP contribution in [0.4, 0.5) is 10.1 Å². The fraction of sp³-hybridized carbons (Fsp3) is 0.136. The van der Waals surface area contributed by atoms with Gasteiger partial charge in [0.15, 0.2) is 11.6 Å². The van der Waals surface area contributed by atoms with Crippen LogP contribution >= 0.6 is 11.8 Å². The van der Waals surface area contributed by atoms with Gasteiger partial charge in [0.1, 0.15) is 0 Å². The molecule has 1 aliphatic rings. The van der Waals surface area contributed by atoms with Crippen molar-refractivity contribution >= 4 is 27.5 Å². The van der Waals surface area contributed by atoms with E-state index in [0.717, 1.165) is 22.1 Å². The second kappa shape index (κ2) is 8.01. The van der Waals surface area contributed by atoms with Gasteiger partial charge in [-0.15, -0.1) is 11.8 Å². The van der Waals surface area contributed by atoms with Gasteiger partial charge in [-0.3, -0.25) is 4.31 Å². The molecule has 0 atom stereocenters. The van der Waals surface area contributed by atoms with Crippen LogP contribution in [0.5, 0.6) is 5.75 Å². The van der Waals surface area contributed by atoms with Crippen molar-refractivity contribution in [2.45, 2.75) is 9.79 Å². The first-order valence-corrected chi connectivity index (χ1v) is 11.5. The Bertz CT molecular complexity index is 1250. The smallest absolute Gasteiger partial charge is 0.264 e. The molecule has 4 rings (SSSR count). The molecule has 3 aromatic carbocycles. The van der Waals surface area contributed by atoms with Crippen LogP contribution in [0.1, 0.15) is 5.56 Å². The van der Waals surface area contributed by atoms with Crippen LogP contribution < -0.4 is 9.04 Å². The van der Waals surface area contributed by atoms with Crippen LogP contribution in [-0.2, 0) is 10.0 Å². The van der Waals surface area contributed by atoms with Gasteiger partial charge in [0, 0.05) is 17.2 Å². The number of sulfonamides is 1. The highest BCUT2D eigenvalue weighted by Gasteiger charge is 2.30. The minimum Gasteiger partial charge on any atom is -0.494 e. The van der Waals surface area contributed by atoms with Crippen LogP contribution in [-0.4, -0.2) is 27.8 Å². The Kier molecular flexibility index (Phi) is 5.41. The molecular formula is C22H17FN2O3S2. The Hall–Kier alpha value is -3.02. The molecule has 1 aliphatic heterocycles. The number of benzene rings is 3. The van der Waals surface area contributed by atoms with E-state index in [1.165, 1.54) is 23.5 Å². The predicted molar refractivity (Wildman–Crippen MR) is 115 cm³/mol. The number of anilines is 1. The summed E-state index contributed by atoms with van der Waals surface area (Å²) in [7, 11) is -2.62. The number of hydrogen-bond acceptors (Lipinski definition) is 5. The average molecular weight is 441 g/mol. The number of methoxy groups -OCH3 is 1. The van der Waals surface area contributed by atoms with Gasteiger partial charge in [-0.1, -0.05) is 18.2 Å². The van der Waals surface area contributed by atoms with Crippen molar-refractivity contribution in [1.82, 2.24) is 0 Å². The number of halogens is 1.